The standard InChI is InChI=1S/C14H20IN3O/c1-18(13-7-6-12(15)8-17-13)9-10-2-4-11(5-3-10)14(16)19/h6-8,10-11H,2-5,9H2,1H3,(H2,16,19). The molecule has 1 fully saturated rings. The van der Waals surface area contributed by atoms with Gasteiger partial charge in [-0.05, 0) is 66.3 Å². The fourth-order valence-corrected chi connectivity index (χ4v) is 3.02. The SMILES string of the molecule is CN(CC1CCC(C(N)=O)CC1)c1ccc(I)cn1. The van der Waals surface area contributed by atoms with E-state index >= 15 is 0 Å². The van der Waals surface area contributed by atoms with Gasteiger partial charge in [-0.25, -0.2) is 4.98 Å². The summed E-state index contributed by atoms with van der Waals surface area (Å²) in [5, 5.41) is 0. The average molecular weight is 373 g/mol. The zero-order chi connectivity index (χ0) is 13.8. The van der Waals surface area contributed by atoms with E-state index in [9.17, 15) is 4.79 Å². The van der Waals surface area contributed by atoms with Gasteiger partial charge in [0.1, 0.15) is 5.82 Å². The first-order valence-electron chi connectivity index (χ1n) is 6.68. The third-order valence-electron chi connectivity index (χ3n) is 3.88. The van der Waals surface area contributed by atoms with Crippen molar-refractivity contribution in [2.75, 3.05) is 18.5 Å². The van der Waals surface area contributed by atoms with Crippen molar-refractivity contribution in [2.24, 2.45) is 17.6 Å². The fourth-order valence-electron chi connectivity index (χ4n) is 2.70. The molecule has 4 nitrogen and oxygen atoms in total. The maximum absolute atomic E-state index is 11.1. The molecule has 1 heterocycles. The lowest BCUT2D eigenvalue weighted by Gasteiger charge is -2.30. The van der Waals surface area contributed by atoms with Crippen molar-refractivity contribution in [1.82, 2.24) is 4.98 Å². The van der Waals surface area contributed by atoms with Gasteiger partial charge in [0.05, 0.1) is 0 Å². The number of aromatic nitrogens is 1. The molecule has 1 saturated carbocycles. The van der Waals surface area contributed by atoms with Crippen LogP contribution in [0.4, 0.5) is 5.82 Å². The van der Waals surface area contributed by atoms with Crippen molar-refractivity contribution in [3.63, 3.8) is 0 Å². The van der Waals surface area contributed by atoms with E-state index in [4.69, 9.17) is 5.73 Å². The molecule has 104 valence electrons. The largest absolute Gasteiger partial charge is 0.369 e. The predicted octanol–water partition coefficient (Wildman–Crippen LogP) is 2.41. The second-order valence-corrected chi connectivity index (χ2v) is 6.58. The van der Waals surface area contributed by atoms with Crippen LogP contribution >= 0.6 is 22.6 Å². The Labute approximate surface area is 127 Å². The first-order valence-corrected chi connectivity index (χ1v) is 7.76. The molecule has 2 rings (SSSR count). The molecule has 0 atom stereocenters. The molecule has 1 amide bonds. The summed E-state index contributed by atoms with van der Waals surface area (Å²) in [4.78, 5) is 17.8. The van der Waals surface area contributed by atoms with Crippen LogP contribution in [-0.2, 0) is 4.79 Å². The van der Waals surface area contributed by atoms with Gasteiger partial charge in [0.2, 0.25) is 5.91 Å². The van der Waals surface area contributed by atoms with Crippen LogP contribution in [0.5, 0.6) is 0 Å². The van der Waals surface area contributed by atoms with Crippen LogP contribution in [-0.4, -0.2) is 24.5 Å². The van der Waals surface area contributed by atoms with Gasteiger partial charge in [-0.3, -0.25) is 4.79 Å². The summed E-state index contributed by atoms with van der Waals surface area (Å²) < 4.78 is 1.15. The molecule has 1 aliphatic carbocycles. The van der Waals surface area contributed by atoms with Gasteiger partial charge in [-0.15, -0.1) is 0 Å². The van der Waals surface area contributed by atoms with E-state index in [0.29, 0.717) is 5.92 Å². The Morgan fingerprint density at radius 1 is 1.42 bits per heavy atom. The zero-order valence-corrected chi connectivity index (χ0v) is 13.3. The summed E-state index contributed by atoms with van der Waals surface area (Å²) in [6, 6.07) is 4.13. The molecular weight excluding hydrogens is 353 g/mol. The van der Waals surface area contributed by atoms with Gasteiger partial charge in [0.15, 0.2) is 0 Å². The Morgan fingerprint density at radius 3 is 2.63 bits per heavy atom. The molecule has 5 heteroatoms. The minimum absolute atomic E-state index is 0.0954. The second-order valence-electron chi connectivity index (χ2n) is 5.34. The summed E-state index contributed by atoms with van der Waals surface area (Å²) in [6.07, 6.45) is 5.93. The van der Waals surface area contributed by atoms with Crippen LogP contribution < -0.4 is 10.6 Å². The van der Waals surface area contributed by atoms with Crippen LogP contribution in [0.25, 0.3) is 0 Å². The smallest absolute Gasteiger partial charge is 0.220 e. The normalized spacial score (nSPS) is 23.1. The number of rotatable bonds is 4. The summed E-state index contributed by atoms with van der Waals surface area (Å²) in [5.74, 6) is 1.61. The third-order valence-corrected chi connectivity index (χ3v) is 4.52. The lowest BCUT2D eigenvalue weighted by molar-refractivity contribution is -0.122. The van der Waals surface area contributed by atoms with Crippen molar-refractivity contribution in [3.8, 4) is 0 Å². The molecule has 0 spiro atoms. The highest BCUT2D eigenvalue weighted by Crippen LogP contribution is 2.29. The third kappa shape index (κ3) is 4.06. The summed E-state index contributed by atoms with van der Waals surface area (Å²) in [5.41, 5.74) is 5.36. The van der Waals surface area contributed by atoms with E-state index in [0.717, 1.165) is 41.6 Å². The van der Waals surface area contributed by atoms with Crippen LogP contribution in [0.2, 0.25) is 0 Å². The number of hydrogen-bond acceptors (Lipinski definition) is 3. The van der Waals surface area contributed by atoms with Crippen LogP contribution in [0.3, 0.4) is 0 Å². The van der Waals surface area contributed by atoms with Gasteiger partial charge >= 0.3 is 0 Å². The minimum atomic E-state index is -0.133. The first-order chi connectivity index (χ1) is 9.06. The molecule has 0 unspecified atom stereocenters. The van der Waals surface area contributed by atoms with E-state index in [1.54, 1.807) is 0 Å². The molecule has 0 aromatic carbocycles. The van der Waals surface area contributed by atoms with E-state index in [2.05, 4.69) is 51.7 Å². The number of hydrogen-bond donors (Lipinski definition) is 1. The Morgan fingerprint density at radius 2 is 2.11 bits per heavy atom. The fraction of sp³-hybridized carbons (Fsp3) is 0.571. The van der Waals surface area contributed by atoms with Crippen molar-refractivity contribution in [2.45, 2.75) is 25.7 Å². The highest BCUT2D eigenvalue weighted by molar-refractivity contribution is 14.1. The summed E-state index contributed by atoms with van der Waals surface area (Å²) in [7, 11) is 2.08. The number of carbonyl (C=O) groups excluding carboxylic acids is 1. The maximum Gasteiger partial charge on any atom is 0.220 e. The van der Waals surface area contributed by atoms with Gasteiger partial charge in [0, 0.05) is 29.3 Å². The van der Waals surface area contributed by atoms with E-state index in [1.165, 1.54) is 0 Å². The van der Waals surface area contributed by atoms with Gasteiger partial charge < -0.3 is 10.6 Å². The molecular formula is C14H20IN3O. The van der Waals surface area contributed by atoms with E-state index < -0.39 is 0 Å². The number of nitrogens with zero attached hydrogens (tertiary/aromatic N) is 2. The number of anilines is 1. The monoisotopic (exact) mass is 373 g/mol. The first kappa shape index (κ1) is 14.6. The number of pyridine rings is 1. The van der Waals surface area contributed by atoms with Gasteiger partial charge in [0.25, 0.3) is 0 Å². The van der Waals surface area contributed by atoms with Gasteiger partial charge in [-0.1, -0.05) is 0 Å². The topological polar surface area (TPSA) is 59.2 Å². The molecule has 0 aliphatic heterocycles. The minimum Gasteiger partial charge on any atom is -0.369 e. The highest BCUT2D eigenvalue weighted by Gasteiger charge is 2.25. The summed E-state index contributed by atoms with van der Waals surface area (Å²) in [6.45, 7) is 0.999. The van der Waals surface area contributed by atoms with Crippen LogP contribution in [0, 0.1) is 15.4 Å². The lowest BCUT2D eigenvalue weighted by Crippen LogP contribution is -2.32. The average Bonchev–Trinajstić information content (AvgIpc) is 2.40. The second kappa shape index (κ2) is 6.54. The van der Waals surface area contributed by atoms with Gasteiger partial charge in [-0.2, -0.15) is 0 Å². The molecule has 0 radical (unpaired) electrons. The summed E-state index contributed by atoms with van der Waals surface area (Å²) >= 11 is 2.26. The molecule has 19 heavy (non-hydrogen) atoms. The number of carbonyl (C=O) groups is 1. The lowest BCUT2D eigenvalue weighted by atomic mass is 9.81. The number of amides is 1. The van der Waals surface area contributed by atoms with Crippen molar-refractivity contribution in [3.05, 3.63) is 21.9 Å². The Hall–Kier alpha value is -0.850. The molecule has 1 aromatic rings. The van der Waals surface area contributed by atoms with Crippen LogP contribution in [0.15, 0.2) is 18.3 Å². The Kier molecular flexibility index (Phi) is 5.01. The molecule has 1 aliphatic rings. The number of nitrogens with two attached hydrogens (primary N) is 1. The van der Waals surface area contributed by atoms with E-state index in [-0.39, 0.29) is 11.8 Å². The molecule has 0 bridgehead atoms. The Bertz CT molecular complexity index is 427. The van der Waals surface area contributed by atoms with Crippen molar-refractivity contribution in [1.29, 1.82) is 0 Å². The number of halogens is 1. The predicted molar refractivity (Wildman–Crippen MR) is 84.9 cm³/mol. The highest BCUT2D eigenvalue weighted by atomic mass is 127. The van der Waals surface area contributed by atoms with Crippen LogP contribution in [0.1, 0.15) is 25.7 Å². The number of primary amides is 1. The maximum atomic E-state index is 11.1. The van der Waals surface area contributed by atoms with E-state index in [1.807, 2.05) is 6.20 Å². The quantitative estimate of drug-likeness (QED) is 0.825. The molecule has 1 aromatic heterocycles. The van der Waals surface area contributed by atoms with Crippen molar-refractivity contribution < 1.29 is 4.79 Å². The molecule has 0 saturated heterocycles. The Balaban J connectivity index is 1.85. The zero-order valence-electron chi connectivity index (χ0n) is 11.2. The molecule has 2 N–H and O–H groups in total. The van der Waals surface area contributed by atoms with Crippen molar-refractivity contribution >= 4 is 34.3 Å².